The molecule has 1 atom stereocenters. The van der Waals surface area contributed by atoms with E-state index in [2.05, 4.69) is 11.9 Å². The fourth-order valence-corrected chi connectivity index (χ4v) is 2.45. The Kier molecular flexibility index (Phi) is 3.97. The van der Waals surface area contributed by atoms with E-state index in [0.29, 0.717) is 23.6 Å². The highest BCUT2D eigenvalue weighted by Crippen LogP contribution is 2.25. The van der Waals surface area contributed by atoms with Gasteiger partial charge >= 0.3 is 0 Å². The molecule has 18 heavy (non-hydrogen) atoms. The van der Waals surface area contributed by atoms with Gasteiger partial charge in [0.2, 0.25) is 5.91 Å². The first kappa shape index (κ1) is 13.0. The van der Waals surface area contributed by atoms with E-state index in [9.17, 15) is 9.59 Å². The predicted octanol–water partition coefficient (Wildman–Crippen LogP) is 2.52. The minimum Gasteiger partial charge on any atom is -0.278 e. The second kappa shape index (κ2) is 5.48. The van der Waals surface area contributed by atoms with E-state index >= 15 is 0 Å². The van der Waals surface area contributed by atoms with E-state index in [1.54, 1.807) is 6.07 Å². The number of hydrogen-bond acceptors (Lipinski definition) is 3. The third-order valence-corrected chi connectivity index (χ3v) is 3.48. The minimum absolute atomic E-state index is 0.113. The van der Waals surface area contributed by atoms with Crippen LogP contribution in [0.25, 0.3) is 0 Å². The Morgan fingerprint density at radius 3 is 3.06 bits per heavy atom. The molecule has 2 amide bonds. The van der Waals surface area contributed by atoms with Crippen LogP contribution in [0, 0.1) is 5.92 Å². The highest BCUT2D eigenvalue weighted by Gasteiger charge is 2.34. The van der Waals surface area contributed by atoms with Gasteiger partial charge in [0, 0.05) is 25.4 Å². The quantitative estimate of drug-likeness (QED) is 0.790. The monoisotopic (exact) mass is 266 g/mol. The Balaban J connectivity index is 2.15. The van der Waals surface area contributed by atoms with Crippen LogP contribution >= 0.6 is 11.6 Å². The van der Waals surface area contributed by atoms with Crippen LogP contribution in [0.5, 0.6) is 0 Å². The first-order valence-electron chi connectivity index (χ1n) is 6.07. The molecule has 0 spiro atoms. The van der Waals surface area contributed by atoms with Crippen molar-refractivity contribution < 1.29 is 9.59 Å². The summed E-state index contributed by atoms with van der Waals surface area (Å²) in [6, 6.07) is 1.55. The molecule has 0 radical (unpaired) electrons. The number of hydrogen-bond donors (Lipinski definition) is 0. The third-order valence-electron chi connectivity index (χ3n) is 3.15. The number of carbonyl (C=O) groups is 2. The molecule has 1 aliphatic heterocycles. The summed E-state index contributed by atoms with van der Waals surface area (Å²) >= 11 is 5.94. The average molecular weight is 267 g/mol. The SMILES string of the molecule is CCCC1CC(=O)N(C(=O)c2cnccc2Cl)C1. The van der Waals surface area contributed by atoms with Crippen molar-refractivity contribution in [3.63, 3.8) is 0 Å². The number of nitrogens with zero attached hydrogens (tertiary/aromatic N) is 2. The molecule has 1 fully saturated rings. The number of likely N-dealkylation sites (tertiary alicyclic amines) is 1. The molecule has 2 heterocycles. The van der Waals surface area contributed by atoms with Gasteiger partial charge in [0.15, 0.2) is 0 Å². The van der Waals surface area contributed by atoms with Gasteiger partial charge in [-0.3, -0.25) is 19.5 Å². The first-order chi connectivity index (χ1) is 8.63. The fourth-order valence-electron chi connectivity index (χ4n) is 2.26. The van der Waals surface area contributed by atoms with Crippen molar-refractivity contribution >= 4 is 23.4 Å². The average Bonchev–Trinajstić information content (AvgIpc) is 2.71. The molecule has 0 saturated carbocycles. The summed E-state index contributed by atoms with van der Waals surface area (Å²) in [7, 11) is 0. The highest BCUT2D eigenvalue weighted by atomic mass is 35.5. The number of carbonyl (C=O) groups excluding carboxylic acids is 2. The maximum Gasteiger partial charge on any atom is 0.263 e. The van der Waals surface area contributed by atoms with Gasteiger partial charge in [0.1, 0.15) is 0 Å². The van der Waals surface area contributed by atoms with Gasteiger partial charge < -0.3 is 0 Å². The summed E-state index contributed by atoms with van der Waals surface area (Å²) in [5, 5.41) is 0.335. The normalized spacial score (nSPS) is 19.3. The van der Waals surface area contributed by atoms with E-state index in [0.717, 1.165) is 12.8 Å². The van der Waals surface area contributed by atoms with E-state index in [1.807, 2.05) is 0 Å². The number of halogens is 1. The molecule has 0 N–H and O–H groups in total. The molecule has 5 heteroatoms. The predicted molar refractivity (Wildman–Crippen MR) is 68.3 cm³/mol. The Labute approximate surface area is 111 Å². The molecule has 0 aromatic carbocycles. The summed E-state index contributed by atoms with van der Waals surface area (Å²) in [6.45, 7) is 2.57. The van der Waals surface area contributed by atoms with Crippen molar-refractivity contribution in [1.82, 2.24) is 9.88 Å². The largest absolute Gasteiger partial charge is 0.278 e. The number of aromatic nitrogens is 1. The van der Waals surface area contributed by atoms with E-state index < -0.39 is 0 Å². The van der Waals surface area contributed by atoms with Gasteiger partial charge in [0.25, 0.3) is 5.91 Å². The summed E-state index contributed by atoms with van der Waals surface area (Å²) in [5.74, 6) is -0.169. The molecule has 2 rings (SSSR count). The van der Waals surface area contributed by atoms with Crippen molar-refractivity contribution in [3.05, 3.63) is 29.0 Å². The Morgan fingerprint density at radius 1 is 1.61 bits per heavy atom. The molecule has 0 bridgehead atoms. The third kappa shape index (κ3) is 2.53. The zero-order valence-corrected chi connectivity index (χ0v) is 11.0. The van der Waals surface area contributed by atoms with E-state index in [1.165, 1.54) is 17.3 Å². The second-order valence-corrected chi connectivity index (χ2v) is 4.93. The Morgan fingerprint density at radius 2 is 2.39 bits per heavy atom. The minimum atomic E-state index is -0.336. The lowest BCUT2D eigenvalue weighted by molar-refractivity contribution is -0.125. The van der Waals surface area contributed by atoms with E-state index in [4.69, 9.17) is 11.6 Å². The second-order valence-electron chi connectivity index (χ2n) is 4.52. The van der Waals surface area contributed by atoms with Crippen molar-refractivity contribution in [2.24, 2.45) is 5.92 Å². The van der Waals surface area contributed by atoms with Gasteiger partial charge in [-0.05, 0) is 18.4 Å². The Hall–Kier alpha value is -1.42. The topological polar surface area (TPSA) is 50.3 Å². The number of pyridine rings is 1. The Bertz CT molecular complexity index is 476. The standard InChI is InChI=1S/C13H15ClN2O2/c1-2-3-9-6-12(17)16(8-9)13(18)10-7-15-5-4-11(10)14/h4-5,7,9H,2-3,6,8H2,1H3. The lowest BCUT2D eigenvalue weighted by Gasteiger charge is -2.15. The van der Waals surface area contributed by atoms with E-state index in [-0.39, 0.29) is 17.7 Å². The van der Waals surface area contributed by atoms with Gasteiger partial charge in [-0.25, -0.2) is 0 Å². The van der Waals surface area contributed by atoms with Gasteiger partial charge in [-0.1, -0.05) is 24.9 Å². The van der Waals surface area contributed by atoms with Crippen molar-refractivity contribution in [2.75, 3.05) is 6.54 Å². The van der Waals surface area contributed by atoms with Crippen LogP contribution in [0.4, 0.5) is 0 Å². The van der Waals surface area contributed by atoms with Crippen molar-refractivity contribution in [1.29, 1.82) is 0 Å². The number of amides is 2. The van der Waals surface area contributed by atoms with Crippen molar-refractivity contribution in [2.45, 2.75) is 26.2 Å². The summed E-state index contributed by atoms with van der Waals surface area (Å²) in [6.07, 6.45) is 5.37. The lowest BCUT2D eigenvalue weighted by Crippen LogP contribution is -2.32. The zero-order chi connectivity index (χ0) is 13.1. The van der Waals surface area contributed by atoms with Crippen LogP contribution in [0.1, 0.15) is 36.5 Å². The number of rotatable bonds is 3. The molecule has 96 valence electrons. The molecule has 1 aromatic heterocycles. The van der Waals surface area contributed by atoms with Crippen molar-refractivity contribution in [3.8, 4) is 0 Å². The van der Waals surface area contributed by atoms with Crippen LogP contribution in [0.3, 0.4) is 0 Å². The zero-order valence-electron chi connectivity index (χ0n) is 10.2. The smallest absolute Gasteiger partial charge is 0.263 e. The van der Waals surface area contributed by atoms with Gasteiger partial charge in [0.05, 0.1) is 10.6 Å². The molecule has 0 aliphatic carbocycles. The maximum absolute atomic E-state index is 12.2. The molecule has 1 saturated heterocycles. The van der Waals surface area contributed by atoms with Crippen LogP contribution in [0.15, 0.2) is 18.5 Å². The molecule has 1 unspecified atom stereocenters. The fraction of sp³-hybridized carbons (Fsp3) is 0.462. The van der Waals surface area contributed by atoms with Crippen LogP contribution in [-0.4, -0.2) is 28.2 Å². The summed E-state index contributed by atoms with van der Waals surface area (Å²) in [4.78, 5) is 29.2. The first-order valence-corrected chi connectivity index (χ1v) is 6.45. The summed E-state index contributed by atoms with van der Waals surface area (Å²) < 4.78 is 0. The maximum atomic E-state index is 12.2. The lowest BCUT2D eigenvalue weighted by atomic mass is 10.0. The molecule has 1 aromatic rings. The van der Waals surface area contributed by atoms with Gasteiger partial charge in [-0.15, -0.1) is 0 Å². The van der Waals surface area contributed by atoms with Crippen LogP contribution < -0.4 is 0 Å². The highest BCUT2D eigenvalue weighted by molar-refractivity contribution is 6.34. The summed E-state index contributed by atoms with van der Waals surface area (Å²) in [5.41, 5.74) is 0.296. The molecular weight excluding hydrogens is 252 g/mol. The molecule has 1 aliphatic rings. The van der Waals surface area contributed by atoms with Crippen LogP contribution in [0.2, 0.25) is 5.02 Å². The van der Waals surface area contributed by atoms with Crippen LogP contribution in [-0.2, 0) is 4.79 Å². The molecular formula is C13H15ClN2O2. The van der Waals surface area contributed by atoms with Gasteiger partial charge in [-0.2, -0.15) is 0 Å². The number of imide groups is 1. The molecule has 4 nitrogen and oxygen atoms in total.